The summed E-state index contributed by atoms with van der Waals surface area (Å²) in [7, 11) is 1.84. The second-order valence-corrected chi connectivity index (χ2v) is 6.93. The number of hydrogen-bond donors (Lipinski definition) is 1. The zero-order valence-corrected chi connectivity index (χ0v) is 16.5. The number of hydrogen-bond acceptors (Lipinski definition) is 4. The molecule has 2 aromatic carbocycles. The fraction of sp³-hybridized carbons (Fsp3) is 0.286. The van der Waals surface area contributed by atoms with Gasteiger partial charge in [-0.25, -0.2) is 10.5 Å². The van der Waals surface area contributed by atoms with Gasteiger partial charge in [-0.3, -0.25) is 0 Å². The number of aryl methyl sites for hydroxylation is 1. The Bertz CT molecular complexity index is 874. The molecule has 0 bridgehead atoms. The van der Waals surface area contributed by atoms with Gasteiger partial charge in [0.1, 0.15) is 6.61 Å². The van der Waals surface area contributed by atoms with Crippen LogP contribution in [0.1, 0.15) is 30.9 Å². The summed E-state index contributed by atoms with van der Waals surface area (Å²) >= 11 is 5.94. The van der Waals surface area contributed by atoms with Crippen molar-refractivity contribution in [1.29, 1.82) is 0 Å². The van der Waals surface area contributed by atoms with Gasteiger partial charge in [0.05, 0.1) is 11.4 Å². The Morgan fingerprint density at radius 3 is 2.63 bits per heavy atom. The maximum absolute atomic E-state index is 6.02. The van der Waals surface area contributed by atoms with Crippen molar-refractivity contribution in [3.8, 4) is 11.6 Å². The summed E-state index contributed by atoms with van der Waals surface area (Å²) in [4.78, 5) is 0. The van der Waals surface area contributed by atoms with Gasteiger partial charge in [0.25, 0.3) is 0 Å². The maximum atomic E-state index is 6.02. The van der Waals surface area contributed by atoms with Gasteiger partial charge >= 0.3 is 0 Å². The van der Waals surface area contributed by atoms with Crippen LogP contribution in [0.15, 0.2) is 54.7 Å². The van der Waals surface area contributed by atoms with Crippen LogP contribution in [0.2, 0.25) is 5.02 Å². The number of nitrogens with two attached hydrogens (primary N) is 1. The number of ether oxygens (including phenoxy) is 1. The quantitative estimate of drug-likeness (QED) is 0.449. The molecule has 142 valence electrons. The lowest BCUT2D eigenvalue weighted by atomic mass is 10.0. The molecule has 0 radical (unpaired) electrons. The van der Waals surface area contributed by atoms with Crippen LogP contribution in [-0.2, 0) is 13.0 Å². The molecule has 6 heteroatoms. The van der Waals surface area contributed by atoms with Crippen LogP contribution < -0.4 is 15.6 Å². The average Bonchev–Trinajstić information content (AvgIpc) is 3.14. The number of benzene rings is 2. The summed E-state index contributed by atoms with van der Waals surface area (Å²) < 4.78 is 7.76. The molecule has 0 aliphatic carbocycles. The Morgan fingerprint density at radius 1 is 1.15 bits per heavy atom. The Morgan fingerprint density at radius 2 is 1.93 bits per heavy atom. The lowest BCUT2D eigenvalue weighted by molar-refractivity contribution is 0.291. The Labute approximate surface area is 165 Å². The number of aromatic nitrogens is 2. The number of nitrogens with zero attached hydrogens (tertiary/aromatic N) is 3. The summed E-state index contributed by atoms with van der Waals surface area (Å²) in [6.07, 6.45) is 5.16. The maximum Gasteiger partial charge on any atom is 0.233 e. The highest BCUT2D eigenvalue weighted by Gasteiger charge is 2.12. The molecule has 1 heterocycles. The van der Waals surface area contributed by atoms with E-state index in [9.17, 15) is 0 Å². The molecule has 0 amide bonds. The second-order valence-electron chi connectivity index (χ2n) is 6.49. The van der Waals surface area contributed by atoms with Gasteiger partial charge in [0.15, 0.2) is 0 Å². The van der Waals surface area contributed by atoms with E-state index in [0.717, 1.165) is 36.2 Å². The Hall–Kier alpha value is -2.50. The molecular formula is C21H25ClN4O. The summed E-state index contributed by atoms with van der Waals surface area (Å²) in [5.74, 6) is 6.59. The van der Waals surface area contributed by atoms with Crippen LogP contribution in [0.4, 0.5) is 5.69 Å². The van der Waals surface area contributed by atoms with E-state index < -0.39 is 0 Å². The predicted octanol–water partition coefficient (Wildman–Crippen LogP) is 4.76. The van der Waals surface area contributed by atoms with E-state index in [1.54, 1.807) is 9.69 Å². The van der Waals surface area contributed by atoms with Gasteiger partial charge < -0.3 is 9.75 Å². The zero-order valence-electron chi connectivity index (χ0n) is 15.7. The van der Waals surface area contributed by atoms with Crippen molar-refractivity contribution >= 4 is 17.3 Å². The summed E-state index contributed by atoms with van der Waals surface area (Å²) in [6, 6.07) is 15.6. The van der Waals surface area contributed by atoms with Crippen molar-refractivity contribution in [2.45, 2.75) is 32.8 Å². The van der Waals surface area contributed by atoms with Gasteiger partial charge in [-0.05, 0) is 48.7 Å². The smallest absolute Gasteiger partial charge is 0.233 e. The summed E-state index contributed by atoms with van der Waals surface area (Å²) in [6.45, 7) is 2.62. The van der Waals surface area contributed by atoms with Crippen molar-refractivity contribution in [3.63, 3.8) is 0 Å². The minimum absolute atomic E-state index is 0.425. The van der Waals surface area contributed by atoms with Gasteiger partial charge in [0.2, 0.25) is 5.88 Å². The van der Waals surface area contributed by atoms with Gasteiger partial charge in [0, 0.05) is 29.9 Å². The van der Waals surface area contributed by atoms with E-state index in [0.29, 0.717) is 17.5 Å². The highest BCUT2D eigenvalue weighted by Crippen LogP contribution is 2.25. The van der Waals surface area contributed by atoms with Gasteiger partial charge in [-0.15, -0.1) is 5.10 Å². The first-order valence-electron chi connectivity index (χ1n) is 9.12. The fourth-order valence-corrected chi connectivity index (χ4v) is 3.11. The average molecular weight is 385 g/mol. The van der Waals surface area contributed by atoms with Crippen LogP contribution in [0.3, 0.4) is 0 Å². The van der Waals surface area contributed by atoms with Gasteiger partial charge in [-0.1, -0.05) is 37.1 Å². The molecule has 27 heavy (non-hydrogen) atoms. The number of halogens is 1. The summed E-state index contributed by atoms with van der Waals surface area (Å²) in [5, 5.41) is 6.84. The Kier molecular flexibility index (Phi) is 6.37. The van der Waals surface area contributed by atoms with E-state index in [2.05, 4.69) is 18.1 Å². The van der Waals surface area contributed by atoms with E-state index in [1.807, 2.05) is 55.7 Å². The molecule has 0 spiro atoms. The third-order valence-corrected chi connectivity index (χ3v) is 4.70. The second kappa shape index (κ2) is 8.93. The van der Waals surface area contributed by atoms with Gasteiger partial charge in [-0.2, -0.15) is 0 Å². The first kappa shape index (κ1) is 19.3. The molecule has 5 nitrogen and oxygen atoms in total. The molecule has 3 aromatic rings. The predicted molar refractivity (Wildman–Crippen MR) is 111 cm³/mol. The van der Waals surface area contributed by atoms with E-state index in [4.69, 9.17) is 22.2 Å². The van der Waals surface area contributed by atoms with Crippen molar-refractivity contribution < 1.29 is 4.74 Å². The zero-order chi connectivity index (χ0) is 19.2. The van der Waals surface area contributed by atoms with E-state index >= 15 is 0 Å². The molecule has 0 saturated carbocycles. The first-order valence-corrected chi connectivity index (χ1v) is 9.50. The monoisotopic (exact) mass is 384 g/mol. The molecule has 2 N–H and O–H groups in total. The minimum atomic E-state index is 0.425. The number of unbranched alkanes of at least 4 members (excludes halogenated alkanes) is 1. The van der Waals surface area contributed by atoms with Crippen molar-refractivity contribution in [2.24, 2.45) is 5.84 Å². The third kappa shape index (κ3) is 4.81. The largest absolute Gasteiger partial charge is 0.472 e. The third-order valence-electron chi connectivity index (χ3n) is 4.45. The summed E-state index contributed by atoms with van der Waals surface area (Å²) in [5.41, 5.74) is 4.28. The lowest BCUT2D eigenvalue weighted by Crippen LogP contribution is -2.27. The van der Waals surface area contributed by atoms with E-state index in [1.165, 1.54) is 5.56 Å². The van der Waals surface area contributed by atoms with Crippen molar-refractivity contribution in [1.82, 2.24) is 9.78 Å². The molecule has 0 saturated heterocycles. The highest BCUT2D eigenvalue weighted by molar-refractivity contribution is 6.30. The minimum Gasteiger partial charge on any atom is -0.472 e. The van der Waals surface area contributed by atoms with Crippen molar-refractivity contribution in [3.05, 3.63) is 70.9 Å². The fourth-order valence-electron chi connectivity index (χ4n) is 2.99. The van der Waals surface area contributed by atoms with Crippen LogP contribution in [-0.4, -0.2) is 16.8 Å². The standard InChI is InChI=1S/C21H25ClN4O/c1-3-4-6-16-7-5-8-20(25(2)23)19(16)15-27-21-13-14-26(24-21)18-11-9-17(22)10-12-18/h5,7-14H,3-4,6,15,23H2,1-2H3. The van der Waals surface area contributed by atoms with Crippen molar-refractivity contribution in [2.75, 3.05) is 12.1 Å². The van der Waals surface area contributed by atoms with E-state index in [-0.39, 0.29) is 0 Å². The van der Waals surface area contributed by atoms with Crippen LogP contribution in [0, 0.1) is 0 Å². The SMILES string of the molecule is CCCCc1cccc(N(C)N)c1COc1ccn(-c2ccc(Cl)cc2)n1. The molecule has 0 aliphatic rings. The first-order chi connectivity index (χ1) is 13.1. The highest BCUT2D eigenvalue weighted by atomic mass is 35.5. The molecule has 3 rings (SSSR count). The Balaban J connectivity index is 1.77. The normalized spacial score (nSPS) is 10.8. The van der Waals surface area contributed by atoms with Crippen LogP contribution in [0.25, 0.3) is 5.69 Å². The molecule has 0 atom stereocenters. The van der Waals surface area contributed by atoms with Crippen LogP contribution >= 0.6 is 11.6 Å². The number of hydrazine groups is 1. The molecule has 0 aliphatic heterocycles. The molecule has 1 aromatic heterocycles. The number of anilines is 1. The molecule has 0 unspecified atom stereocenters. The number of rotatable bonds is 8. The molecular weight excluding hydrogens is 360 g/mol. The lowest BCUT2D eigenvalue weighted by Gasteiger charge is -2.20. The van der Waals surface area contributed by atoms with Crippen LogP contribution in [0.5, 0.6) is 5.88 Å². The topological polar surface area (TPSA) is 56.3 Å². The molecule has 0 fully saturated rings.